The van der Waals surface area contributed by atoms with Crippen LogP contribution in [0.1, 0.15) is 22.8 Å². The Morgan fingerprint density at radius 2 is 2.05 bits per heavy atom. The SMILES string of the molecule is CC(=O)c1ccc(Oc2cccc(C#N)c2)c(F)c1. The van der Waals surface area contributed by atoms with E-state index in [2.05, 4.69) is 0 Å². The van der Waals surface area contributed by atoms with Crippen LogP contribution < -0.4 is 4.74 Å². The van der Waals surface area contributed by atoms with Gasteiger partial charge in [0.1, 0.15) is 5.75 Å². The molecule has 0 N–H and O–H groups in total. The minimum Gasteiger partial charge on any atom is -0.454 e. The van der Waals surface area contributed by atoms with Gasteiger partial charge in [0.25, 0.3) is 0 Å². The molecule has 0 radical (unpaired) electrons. The molecule has 0 aliphatic rings. The molecule has 2 rings (SSSR count). The van der Waals surface area contributed by atoms with Crippen molar-refractivity contribution in [3.63, 3.8) is 0 Å². The Labute approximate surface area is 109 Å². The number of ketones is 1. The summed E-state index contributed by atoms with van der Waals surface area (Å²) in [5, 5.41) is 8.76. The number of Topliss-reactive ketones (excluding diaryl/α,β-unsaturated/α-hetero) is 1. The fourth-order valence-corrected chi connectivity index (χ4v) is 1.56. The van der Waals surface area contributed by atoms with E-state index in [1.807, 2.05) is 6.07 Å². The van der Waals surface area contributed by atoms with Gasteiger partial charge in [-0.05, 0) is 43.3 Å². The maximum absolute atomic E-state index is 13.7. The standard InChI is InChI=1S/C15H10FNO2/c1-10(18)12-5-6-15(14(16)8-12)19-13-4-2-3-11(7-13)9-17/h2-8H,1H3. The van der Waals surface area contributed by atoms with E-state index in [9.17, 15) is 9.18 Å². The molecule has 4 heteroatoms. The topological polar surface area (TPSA) is 50.1 Å². The maximum Gasteiger partial charge on any atom is 0.166 e. The molecule has 0 atom stereocenters. The monoisotopic (exact) mass is 255 g/mol. The Hall–Kier alpha value is -2.67. The Morgan fingerprint density at radius 3 is 2.68 bits per heavy atom. The molecule has 0 bridgehead atoms. The van der Waals surface area contributed by atoms with Crippen molar-refractivity contribution in [2.75, 3.05) is 0 Å². The number of hydrogen-bond acceptors (Lipinski definition) is 3. The zero-order valence-corrected chi connectivity index (χ0v) is 10.2. The molecule has 0 fully saturated rings. The van der Waals surface area contributed by atoms with Crippen LogP contribution in [0.25, 0.3) is 0 Å². The van der Waals surface area contributed by atoms with Crippen molar-refractivity contribution < 1.29 is 13.9 Å². The summed E-state index contributed by atoms with van der Waals surface area (Å²) in [6.45, 7) is 1.37. The predicted octanol–water partition coefficient (Wildman–Crippen LogP) is 3.69. The van der Waals surface area contributed by atoms with E-state index in [0.29, 0.717) is 11.3 Å². The maximum atomic E-state index is 13.7. The normalized spacial score (nSPS) is 9.74. The molecule has 2 aromatic rings. The number of carbonyl (C=O) groups is 1. The molecule has 0 amide bonds. The van der Waals surface area contributed by atoms with Crippen molar-refractivity contribution in [2.45, 2.75) is 6.92 Å². The van der Waals surface area contributed by atoms with Gasteiger partial charge in [0.2, 0.25) is 0 Å². The highest BCUT2D eigenvalue weighted by Crippen LogP contribution is 2.25. The zero-order valence-electron chi connectivity index (χ0n) is 10.2. The molecule has 3 nitrogen and oxygen atoms in total. The van der Waals surface area contributed by atoms with Crippen molar-refractivity contribution in [2.24, 2.45) is 0 Å². The number of rotatable bonds is 3. The molecule has 0 aromatic heterocycles. The highest BCUT2D eigenvalue weighted by Gasteiger charge is 2.08. The summed E-state index contributed by atoms with van der Waals surface area (Å²) in [7, 11) is 0. The molecular formula is C15H10FNO2. The van der Waals surface area contributed by atoms with E-state index in [1.54, 1.807) is 18.2 Å². The van der Waals surface area contributed by atoms with Crippen LogP contribution in [0.4, 0.5) is 4.39 Å². The summed E-state index contributed by atoms with van der Waals surface area (Å²) < 4.78 is 19.1. The van der Waals surface area contributed by atoms with Crippen LogP contribution in [0, 0.1) is 17.1 Å². The van der Waals surface area contributed by atoms with E-state index in [1.165, 1.54) is 25.1 Å². The van der Waals surface area contributed by atoms with Gasteiger partial charge in [-0.3, -0.25) is 4.79 Å². The third-order valence-electron chi connectivity index (χ3n) is 2.53. The van der Waals surface area contributed by atoms with E-state index < -0.39 is 5.82 Å². The highest BCUT2D eigenvalue weighted by molar-refractivity contribution is 5.94. The Bertz CT molecular complexity index is 674. The summed E-state index contributed by atoms with van der Waals surface area (Å²) in [6, 6.07) is 12.4. The summed E-state index contributed by atoms with van der Waals surface area (Å²) in [4.78, 5) is 11.1. The molecule has 0 saturated heterocycles. The Morgan fingerprint density at radius 1 is 1.26 bits per heavy atom. The quantitative estimate of drug-likeness (QED) is 0.786. The number of nitriles is 1. The zero-order chi connectivity index (χ0) is 13.8. The second-order valence-electron chi connectivity index (χ2n) is 3.94. The molecule has 0 saturated carbocycles. The lowest BCUT2D eigenvalue weighted by Gasteiger charge is -2.07. The Kier molecular flexibility index (Phi) is 3.58. The largest absolute Gasteiger partial charge is 0.454 e. The molecular weight excluding hydrogens is 245 g/mol. The molecule has 0 spiro atoms. The first-order valence-electron chi connectivity index (χ1n) is 5.58. The van der Waals surface area contributed by atoms with Crippen LogP contribution in [0.2, 0.25) is 0 Å². The predicted molar refractivity (Wildman–Crippen MR) is 67.6 cm³/mol. The number of carbonyl (C=O) groups excluding carboxylic acids is 1. The first-order valence-corrected chi connectivity index (χ1v) is 5.58. The van der Waals surface area contributed by atoms with Gasteiger partial charge in [0.15, 0.2) is 17.3 Å². The molecule has 94 valence electrons. The van der Waals surface area contributed by atoms with Crippen LogP contribution in [0.15, 0.2) is 42.5 Å². The van der Waals surface area contributed by atoms with E-state index in [0.717, 1.165) is 6.07 Å². The lowest BCUT2D eigenvalue weighted by Crippen LogP contribution is -1.95. The van der Waals surface area contributed by atoms with Crippen molar-refractivity contribution in [1.29, 1.82) is 5.26 Å². The molecule has 0 heterocycles. The van der Waals surface area contributed by atoms with Gasteiger partial charge >= 0.3 is 0 Å². The second-order valence-corrected chi connectivity index (χ2v) is 3.94. The second kappa shape index (κ2) is 5.32. The number of hydrogen-bond donors (Lipinski definition) is 0. The minimum atomic E-state index is -0.616. The third kappa shape index (κ3) is 2.96. The minimum absolute atomic E-state index is 0.0140. The Balaban J connectivity index is 2.28. The highest BCUT2D eigenvalue weighted by atomic mass is 19.1. The fraction of sp³-hybridized carbons (Fsp3) is 0.0667. The van der Waals surface area contributed by atoms with Gasteiger partial charge in [-0.25, -0.2) is 4.39 Å². The van der Waals surface area contributed by atoms with Gasteiger partial charge in [-0.15, -0.1) is 0 Å². The van der Waals surface area contributed by atoms with Gasteiger partial charge in [0, 0.05) is 5.56 Å². The fourth-order valence-electron chi connectivity index (χ4n) is 1.56. The first kappa shape index (κ1) is 12.8. The van der Waals surface area contributed by atoms with Crippen molar-refractivity contribution in [3.8, 4) is 17.6 Å². The molecule has 0 unspecified atom stereocenters. The number of nitrogens with zero attached hydrogens (tertiary/aromatic N) is 1. The molecule has 0 aliphatic heterocycles. The first-order chi connectivity index (χ1) is 9.10. The average Bonchev–Trinajstić information content (AvgIpc) is 2.41. The van der Waals surface area contributed by atoms with Crippen LogP contribution in [-0.4, -0.2) is 5.78 Å². The summed E-state index contributed by atoms with van der Waals surface area (Å²) in [6.07, 6.45) is 0. The van der Waals surface area contributed by atoms with E-state index in [-0.39, 0.29) is 17.1 Å². The number of halogens is 1. The van der Waals surface area contributed by atoms with Gasteiger partial charge < -0.3 is 4.74 Å². The molecule has 2 aromatic carbocycles. The summed E-state index contributed by atoms with van der Waals surface area (Å²) in [5.41, 5.74) is 0.717. The smallest absolute Gasteiger partial charge is 0.166 e. The van der Waals surface area contributed by atoms with Crippen molar-refractivity contribution in [1.82, 2.24) is 0 Å². The van der Waals surface area contributed by atoms with E-state index >= 15 is 0 Å². The van der Waals surface area contributed by atoms with E-state index in [4.69, 9.17) is 10.00 Å². The number of ether oxygens (including phenoxy) is 1. The van der Waals surface area contributed by atoms with Crippen LogP contribution in [0.3, 0.4) is 0 Å². The number of benzene rings is 2. The summed E-state index contributed by atoms with van der Waals surface area (Å²) >= 11 is 0. The van der Waals surface area contributed by atoms with Gasteiger partial charge in [-0.1, -0.05) is 6.07 Å². The summed E-state index contributed by atoms with van der Waals surface area (Å²) in [5.74, 6) is -0.444. The molecule has 19 heavy (non-hydrogen) atoms. The lowest BCUT2D eigenvalue weighted by atomic mass is 10.1. The van der Waals surface area contributed by atoms with Crippen molar-refractivity contribution in [3.05, 3.63) is 59.4 Å². The van der Waals surface area contributed by atoms with Crippen molar-refractivity contribution >= 4 is 5.78 Å². The molecule has 0 aliphatic carbocycles. The van der Waals surface area contributed by atoms with Crippen LogP contribution in [0.5, 0.6) is 11.5 Å². The van der Waals surface area contributed by atoms with Gasteiger partial charge in [0.05, 0.1) is 11.6 Å². The van der Waals surface area contributed by atoms with Crippen LogP contribution in [-0.2, 0) is 0 Å². The lowest BCUT2D eigenvalue weighted by molar-refractivity contribution is 0.101. The van der Waals surface area contributed by atoms with Crippen LogP contribution >= 0.6 is 0 Å². The third-order valence-corrected chi connectivity index (χ3v) is 2.53. The van der Waals surface area contributed by atoms with Gasteiger partial charge in [-0.2, -0.15) is 5.26 Å². The average molecular weight is 255 g/mol.